The van der Waals surface area contributed by atoms with Crippen LogP contribution >= 0.6 is 24.0 Å². The van der Waals surface area contributed by atoms with Crippen molar-refractivity contribution in [1.29, 1.82) is 0 Å². The van der Waals surface area contributed by atoms with Gasteiger partial charge < -0.3 is 19.9 Å². The number of fused-ring (bicyclic) bond motifs is 1. The average Bonchev–Trinajstić information content (AvgIpc) is 3.23. The number of benzene rings is 2. The molecule has 0 saturated carbocycles. The van der Waals surface area contributed by atoms with Gasteiger partial charge in [0.1, 0.15) is 0 Å². The number of nitrogens with zero attached hydrogens (tertiary/aromatic N) is 3. The molecule has 4 rings (SSSR count). The molecular formula is C25H34IN5O. The molecule has 2 N–H and O–H groups in total. The summed E-state index contributed by atoms with van der Waals surface area (Å²) in [6.07, 6.45) is 3.20. The Morgan fingerprint density at radius 1 is 0.969 bits per heavy atom. The van der Waals surface area contributed by atoms with Gasteiger partial charge in [0.25, 0.3) is 0 Å². The number of guanidine groups is 1. The van der Waals surface area contributed by atoms with E-state index in [0.717, 1.165) is 64.9 Å². The molecule has 0 bridgehead atoms. The van der Waals surface area contributed by atoms with Crippen LogP contribution in [0, 0.1) is 0 Å². The van der Waals surface area contributed by atoms with Crippen LogP contribution in [-0.2, 0) is 24.4 Å². The molecule has 2 aromatic carbocycles. The Kier molecular flexibility index (Phi) is 9.83. The molecule has 172 valence electrons. The molecule has 0 unspecified atom stereocenters. The molecule has 0 amide bonds. The predicted octanol–water partition coefficient (Wildman–Crippen LogP) is 3.85. The summed E-state index contributed by atoms with van der Waals surface area (Å²) in [5, 5.41) is 8.22. The highest BCUT2D eigenvalue weighted by molar-refractivity contribution is 14.0. The first-order valence-electron chi connectivity index (χ1n) is 11.2. The molecule has 7 heteroatoms. The summed E-state index contributed by atoms with van der Waals surface area (Å²) in [4.78, 5) is 6.85. The van der Waals surface area contributed by atoms with E-state index >= 15 is 0 Å². The Bertz CT molecular complexity index is 997. The molecule has 0 spiro atoms. The Morgan fingerprint density at radius 3 is 2.53 bits per heavy atom. The van der Waals surface area contributed by atoms with Crippen LogP contribution in [0.25, 0.3) is 10.9 Å². The van der Waals surface area contributed by atoms with E-state index in [0.29, 0.717) is 0 Å². The second kappa shape index (κ2) is 12.8. The zero-order chi connectivity index (χ0) is 21.3. The van der Waals surface area contributed by atoms with E-state index in [-0.39, 0.29) is 24.0 Å². The quantitative estimate of drug-likeness (QED) is 0.195. The number of rotatable bonds is 8. The van der Waals surface area contributed by atoms with Crippen LogP contribution in [-0.4, -0.2) is 55.3 Å². The Labute approximate surface area is 208 Å². The smallest absolute Gasteiger partial charge is 0.191 e. The molecule has 0 atom stereocenters. The van der Waals surface area contributed by atoms with Crippen molar-refractivity contribution in [1.82, 2.24) is 20.1 Å². The number of aryl methyl sites for hydroxylation is 1. The van der Waals surface area contributed by atoms with E-state index in [1.54, 1.807) is 0 Å². The molecular weight excluding hydrogens is 513 g/mol. The topological polar surface area (TPSA) is 53.8 Å². The fourth-order valence-corrected chi connectivity index (χ4v) is 4.08. The first-order valence-corrected chi connectivity index (χ1v) is 11.2. The lowest BCUT2D eigenvalue weighted by molar-refractivity contribution is 0.0341. The molecule has 1 aliphatic heterocycles. The minimum absolute atomic E-state index is 0. The van der Waals surface area contributed by atoms with E-state index in [4.69, 9.17) is 4.74 Å². The standard InChI is InChI=1S/C25H33N5O.HI/c1-26-25(27-12-6-13-30-14-11-21-7-4-5-10-24(21)30)28-19-22-8-2-3-9-23(22)20-29-15-17-31-18-16-29;/h2-5,7-11,14H,6,12-13,15-20H2,1H3,(H2,26,27,28);1H. The van der Waals surface area contributed by atoms with Gasteiger partial charge in [-0.25, -0.2) is 0 Å². The van der Waals surface area contributed by atoms with Crippen molar-refractivity contribution in [3.63, 3.8) is 0 Å². The van der Waals surface area contributed by atoms with Crippen molar-refractivity contribution in [3.8, 4) is 0 Å². The molecule has 1 aromatic heterocycles. The molecule has 2 heterocycles. The lowest BCUT2D eigenvalue weighted by atomic mass is 10.1. The molecule has 1 fully saturated rings. The first kappa shape index (κ1) is 24.5. The number of halogens is 1. The molecule has 6 nitrogen and oxygen atoms in total. The lowest BCUT2D eigenvalue weighted by Gasteiger charge is -2.27. The number of nitrogens with one attached hydrogen (secondary N) is 2. The van der Waals surface area contributed by atoms with Crippen LogP contribution in [0.5, 0.6) is 0 Å². The van der Waals surface area contributed by atoms with Crippen molar-refractivity contribution in [2.45, 2.75) is 26.1 Å². The van der Waals surface area contributed by atoms with Crippen molar-refractivity contribution in [2.75, 3.05) is 39.9 Å². The third kappa shape index (κ3) is 6.70. The van der Waals surface area contributed by atoms with Crippen molar-refractivity contribution < 1.29 is 4.74 Å². The number of para-hydroxylation sites is 1. The van der Waals surface area contributed by atoms with Gasteiger partial charge in [0.05, 0.1) is 13.2 Å². The Morgan fingerprint density at radius 2 is 1.72 bits per heavy atom. The highest BCUT2D eigenvalue weighted by Crippen LogP contribution is 2.15. The Hall–Kier alpha value is -2.10. The largest absolute Gasteiger partial charge is 0.379 e. The normalized spacial score (nSPS) is 14.8. The number of hydrogen-bond acceptors (Lipinski definition) is 3. The number of aliphatic imine (C=N–C) groups is 1. The third-order valence-corrected chi connectivity index (χ3v) is 5.83. The fraction of sp³-hybridized carbons (Fsp3) is 0.400. The minimum Gasteiger partial charge on any atom is -0.379 e. The fourth-order valence-electron chi connectivity index (χ4n) is 4.08. The summed E-state index contributed by atoms with van der Waals surface area (Å²) >= 11 is 0. The molecule has 32 heavy (non-hydrogen) atoms. The molecule has 0 radical (unpaired) electrons. The van der Waals surface area contributed by atoms with Crippen molar-refractivity contribution in [2.24, 2.45) is 4.99 Å². The van der Waals surface area contributed by atoms with Gasteiger partial charge in [-0.3, -0.25) is 9.89 Å². The molecule has 1 saturated heterocycles. The zero-order valence-corrected chi connectivity index (χ0v) is 21.1. The number of morpholine rings is 1. The van der Waals surface area contributed by atoms with E-state index in [2.05, 4.69) is 85.9 Å². The highest BCUT2D eigenvalue weighted by atomic mass is 127. The third-order valence-electron chi connectivity index (χ3n) is 5.83. The van der Waals surface area contributed by atoms with Gasteiger partial charge in [-0.1, -0.05) is 42.5 Å². The molecule has 1 aliphatic rings. The summed E-state index contributed by atoms with van der Waals surface area (Å²) in [5.74, 6) is 0.846. The maximum atomic E-state index is 5.47. The maximum absolute atomic E-state index is 5.47. The van der Waals surface area contributed by atoms with Crippen LogP contribution < -0.4 is 10.6 Å². The highest BCUT2D eigenvalue weighted by Gasteiger charge is 2.12. The number of aromatic nitrogens is 1. The van der Waals surface area contributed by atoms with Gasteiger partial charge in [-0.2, -0.15) is 0 Å². The Balaban J connectivity index is 0.00000289. The predicted molar refractivity (Wildman–Crippen MR) is 143 cm³/mol. The van der Waals surface area contributed by atoms with Gasteiger partial charge in [-0.15, -0.1) is 24.0 Å². The van der Waals surface area contributed by atoms with Crippen LogP contribution in [0.3, 0.4) is 0 Å². The monoisotopic (exact) mass is 547 g/mol. The van der Waals surface area contributed by atoms with Crippen LogP contribution in [0.2, 0.25) is 0 Å². The van der Waals surface area contributed by atoms with Gasteiger partial charge in [-0.05, 0) is 35.1 Å². The van der Waals surface area contributed by atoms with Crippen LogP contribution in [0.1, 0.15) is 17.5 Å². The van der Waals surface area contributed by atoms with Gasteiger partial charge in [0.15, 0.2) is 5.96 Å². The van der Waals surface area contributed by atoms with E-state index in [9.17, 15) is 0 Å². The summed E-state index contributed by atoms with van der Waals surface area (Å²) in [5.41, 5.74) is 3.98. The molecule has 0 aliphatic carbocycles. The number of hydrogen-bond donors (Lipinski definition) is 2. The minimum atomic E-state index is 0. The second-order valence-corrected chi connectivity index (χ2v) is 7.93. The number of ether oxygens (including phenoxy) is 1. The average molecular weight is 547 g/mol. The van der Waals surface area contributed by atoms with E-state index in [1.165, 1.54) is 22.0 Å². The summed E-state index contributed by atoms with van der Waals surface area (Å²) in [7, 11) is 1.83. The van der Waals surface area contributed by atoms with Crippen LogP contribution in [0.4, 0.5) is 0 Å². The summed E-state index contributed by atoms with van der Waals surface area (Å²) in [6.45, 7) is 7.26. The second-order valence-electron chi connectivity index (χ2n) is 7.93. The summed E-state index contributed by atoms with van der Waals surface area (Å²) < 4.78 is 7.79. The zero-order valence-electron chi connectivity index (χ0n) is 18.8. The van der Waals surface area contributed by atoms with E-state index in [1.807, 2.05) is 7.05 Å². The van der Waals surface area contributed by atoms with Gasteiger partial charge in [0, 0.05) is 58.0 Å². The summed E-state index contributed by atoms with van der Waals surface area (Å²) in [6, 6.07) is 19.4. The SMILES string of the molecule is CN=C(NCCCn1ccc2ccccc21)NCc1ccccc1CN1CCOCC1.I. The van der Waals surface area contributed by atoms with Gasteiger partial charge >= 0.3 is 0 Å². The van der Waals surface area contributed by atoms with Gasteiger partial charge in [0.2, 0.25) is 0 Å². The van der Waals surface area contributed by atoms with Crippen LogP contribution in [0.15, 0.2) is 65.8 Å². The maximum Gasteiger partial charge on any atom is 0.191 e. The van der Waals surface area contributed by atoms with E-state index < -0.39 is 0 Å². The van der Waals surface area contributed by atoms with Crippen molar-refractivity contribution >= 4 is 40.8 Å². The lowest BCUT2D eigenvalue weighted by Crippen LogP contribution is -2.38. The molecule has 3 aromatic rings. The first-order chi connectivity index (χ1) is 15.3. The van der Waals surface area contributed by atoms with Crippen molar-refractivity contribution in [3.05, 3.63) is 71.9 Å².